The molecule has 2 rings (SSSR count). The summed E-state index contributed by atoms with van der Waals surface area (Å²) in [5.74, 6) is 6.72. The first-order valence-corrected chi connectivity index (χ1v) is 6.54. The van der Waals surface area contributed by atoms with Gasteiger partial charge < -0.3 is 5.73 Å². The average molecular weight is 255 g/mol. The predicted octanol–water partition coefficient (Wildman–Crippen LogP) is 2.08. The summed E-state index contributed by atoms with van der Waals surface area (Å²) in [5, 5.41) is 0.935. The third-order valence-corrected chi connectivity index (χ3v) is 3.20. The van der Waals surface area contributed by atoms with Crippen LogP contribution in [0.3, 0.4) is 0 Å². The van der Waals surface area contributed by atoms with E-state index in [1.807, 2.05) is 12.1 Å². The molecule has 0 atom stereocenters. The number of hydrogen-bond donors (Lipinski definition) is 1. The Hall–Kier alpha value is -1.83. The van der Waals surface area contributed by atoms with E-state index in [-0.39, 0.29) is 0 Å². The fourth-order valence-corrected chi connectivity index (χ4v) is 2.13. The first-order chi connectivity index (χ1) is 8.88. The molecule has 2 aromatic rings. The van der Waals surface area contributed by atoms with Gasteiger partial charge in [-0.25, -0.2) is 4.98 Å². The number of nitrogens with zero attached hydrogens (tertiary/aromatic N) is 2. The van der Waals surface area contributed by atoms with Crippen molar-refractivity contribution < 1.29 is 0 Å². The molecule has 0 unspecified atom stereocenters. The highest BCUT2D eigenvalue weighted by atomic mass is 32.2. The Balaban J connectivity index is 1.94. The van der Waals surface area contributed by atoms with Crippen LogP contribution in [-0.4, -0.2) is 16.5 Å². The Bertz CT molecular complexity index is 541. The molecule has 1 aromatic carbocycles. The first-order valence-electron chi connectivity index (χ1n) is 5.55. The monoisotopic (exact) mass is 255 g/mol. The zero-order valence-corrected chi connectivity index (χ0v) is 10.7. The molecular formula is C14H13N3S. The summed E-state index contributed by atoms with van der Waals surface area (Å²) in [6, 6.07) is 8.16. The van der Waals surface area contributed by atoms with Gasteiger partial charge in [-0.15, -0.1) is 11.8 Å². The molecule has 90 valence electrons. The van der Waals surface area contributed by atoms with E-state index in [2.05, 4.69) is 33.9 Å². The lowest BCUT2D eigenvalue weighted by atomic mass is 10.1. The van der Waals surface area contributed by atoms with Crippen LogP contribution in [0, 0.1) is 11.8 Å². The Labute approximate surface area is 111 Å². The van der Waals surface area contributed by atoms with Crippen molar-refractivity contribution in [1.29, 1.82) is 0 Å². The maximum atomic E-state index is 5.33. The normalized spacial score (nSPS) is 9.61. The maximum Gasteiger partial charge on any atom is 0.115 e. The van der Waals surface area contributed by atoms with Crippen LogP contribution < -0.4 is 5.73 Å². The second-order valence-corrected chi connectivity index (χ2v) is 4.53. The lowest BCUT2D eigenvalue weighted by molar-refractivity contribution is 1.05. The largest absolute Gasteiger partial charge is 0.320 e. The van der Waals surface area contributed by atoms with Crippen LogP contribution in [0.4, 0.5) is 0 Å². The minimum Gasteiger partial charge on any atom is -0.320 e. The predicted molar refractivity (Wildman–Crippen MR) is 74.0 cm³/mol. The standard InChI is InChI=1S/C14H13N3S/c15-7-1-2-12-3-5-13(6-4-12)11-18-14-10-16-8-9-17-14/h3-6,8-10H,7,11,15H2. The van der Waals surface area contributed by atoms with Gasteiger partial charge in [0, 0.05) is 23.7 Å². The van der Waals surface area contributed by atoms with E-state index in [9.17, 15) is 0 Å². The molecule has 0 amide bonds. The summed E-state index contributed by atoms with van der Waals surface area (Å²) < 4.78 is 0. The van der Waals surface area contributed by atoms with Crippen LogP contribution in [0.5, 0.6) is 0 Å². The maximum absolute atomic E-state index is 5.33. The van der Waals surface area contributed by atoms with Crippen molar-refractivity contribution in [2.45, 2.75) is 10.8 Å². The summed E-state index contributed by atoms with van der Waals surface area (Å²) in [7, 11) is 0. The van der Waals surface area contributed by atoms with Gasteiger partial charge in [-0.05, 0) is 17.7 Å². The summed E-state index contributed by atoms with van der Waals surface area (Å²) in [4.78, 5) is 8.25. The molecule has 0 aliphatic rings. The molecule has 4 heteroatoms. The van der Waals surface area contributed by atoms with E-state index in [0.29, 0.717) is 6.54 Å². The van der Waals surface area contributed by atoms with Gasteiger partial charge in [0.15, 0.2) is 0 Å². The molecule has 1 heterocycles. The molecule has 0 spiro atoms. The molecule has 1 aromatic heterocycles. The molecule has 18 heavy (non-hydrogen) atoms. The second-order valence-electron chi connectivity index (χ2n) is 3.54. The van der Waals surface area contributed by atoms with E-state index < -0.39 is 0 Å². The molecule has 0 radical (unpaired) electrons. The number of hydrogen-bond acceptors (Lipinski definition) is 4. The number of nitrogens with two attached hydrogens (primary N) is 1. The molecule has 3 nitrogen and oxygen atoms in total. The molecule has 0 fully saturated rings. The molecule has 0 aliphatic heterocycles. The van der Waals surface area contributed by atoms with Gasteiger partial charge in [0.05, 0.1) is 12.7 Å². The van der Waals surface area contributed by atoms with Crippen molar-refractivity contribution in [3.8, 4) is 11.8 Å². The van der Waals surface area contributed by atoms with E-state index in [1.54, 1.807) is 30.4 Å². The van der Waals surface area contributed by atoms with Crippen molar-refractivity contribution in [2.24, 2.45) is 5.73 Å². The van der Waals surface area contributed by atoms with Crippen molar-refractivity contribution >= 4 is 11.8 Å². The van der Waals surface area contributed by atoms with Crippen LogP contribution in [-0.2, 0) is 5.75 Å². The van der Waals surface area contributed by atoms with Gasteiger partial charge in [0.25, 0.3) is 0 Å². The summed E-state index contributed by atoms with van der Waals surface area (Å²) >= 11 is 1.67. The highest BCUT2D eigenvalue weighted by molar-refractivity contribution is 7.98. The Morgan fingerprint density at radius 3 is 2.67 bits per heavy atom. The fourth-order valence-electron chi connectivity index (χ4n) is 1.35. The Morgan fingerprint density at radius 2 is 2.00 bits per heavy atom. The third-order valence-electron chi connectivity index (χ3n) is 2.21. The average Bonchev–Trinajstić information content (AvgIpc) is 2.45. The minimum absolute atomic E-state index is 0.393. The zero-order valence-electron chi connectivity index (χ0n) is 9.84. The van der Waals surface area contributed by atoms with Crippen LogP contribution in [0.15, 0.2) is 47.9 Å². The van der Waals surface area contributed by atoms with Crippen LogP contribution >= 0.6 is 11.8 Å². The second kappa shape index (κ2) is 6.80. The Kier molecular flexibility index (Phi) is 4.77. The summed E-state index contributed by atoms with van der Waals surface area (Å²) in [6.07, 6.45) is 5.15. The molecular weight excluding hydrogens is 242 g/mol. The first kappa shape index (κ1) is 12.6. The van der Waals surface area contributed by atoms with Crippen molar-refractivity contribution in [1.82, 2.24) is 9.97 Å². The topological polar surface area (TPSA) is 51.8 Å². The molecule has 0 aliphatic carbocycles. The lowest BCUT2D eigenvalue weighted by Crippen LogP contribution is -1.93. The fraction of sp³-hybridized carbons (Fsp3) is 0.143. The van der Waals surface area contributed by atoms with Crippen LogP contribution in [0.2, 0.25) is 0 Å². The number of aromatic nitrogens is 2. The molecule has 0 saturated heterocycles. The van der Waals surface area contributed by atoms with E-state index >= 15 is 0 Å². The lowest BCUT2D eigenvalue weighted by Gasteiger charge is -2.00. The van der Waals surface area contributed by atoms with Gasteiger partial charge in [-0.1, -0.05) is 24.0 Å². The van der Waals surface area contributed by atoms with Crippen molar-refractivity contribution in [3.63, 3.8) is 0 Å². The SMILES string of the molecule is NCC#Cc1ccc(CSc2cnccn2)cc1. The van der Waals surface area contributed by atoms with Gasteiger partial charge in [0.1, 0.15) is 5.03 Å². The zero-order chi connectivity index (χ0) is 12.6. The van der Waals surface area contributed by atoms with E-state index in [1.165, 1.54) is 5.56 Å². The van der Waals surface area contributed by atoms with Crippen molar-refractivity contribution in [3.05, 3.63) is 54.0 Å². The highest BCUT2D eigenvalue weighted by Crippen LogP contribution is 2.19. The van der Waals surface area contributed by atoms with Gasteiger partial charge >= 0.3 is 0 Å². The van der Waals surface area contributed by atoms with Crippen molar-refractivity contribution in [2.75, 3.05) is 6.54 Å². The van der Waals surface area contributed by atoms with Crippen LogP contribution in [0.1, 0.15) is 11.1 Å². The Morgan fingerprint density at radius 1 is 1.17 bits per heavy atom. The quantitative estimate of drug-likeness (QED) is 0.674. The molecule has 0 saturated carbocycles. The smallest absolute Gasteiger partial charge is 0.115 e. The van der Waals surface area contributed by atoms with E-state index in [0.717, 1.165) is 16.3 Å². The summed E-state index contributed by atoms with van der Waals surface area (Å²) in [5.41, 5.74) is 7.56. The molecule has 2 N–H and O–H groups in total. The molecule has 0 bridgehead atoms. The third kappa shape index (κ3) is 3.88. The number of rotatable bonds is 3. The van der Waals surface area contributed by atoms with Gasteiger partial charge in [0.2, 0.25) is 0 Å². The number of benzene rings is 1. The number of thioether (sulfide) groups is 1. The van der Waals surface area contributed by atoms with Gasteiger partial charge in [-0.3, -0.25) is 4.98 Å². The van der Waals surface area contributed by atoms with E-state index in [4.69, 9.17) is 5.73 Å². The van der Waals surface area contributed by atoms with Gasteiger partial charge in [-0.2, -0.15) is 0 Å². The highest BCUT2D eigenvalue weighted by Gasteiger charge is 1.97. The summed E-state index contributed by atoms with van der Waals surface area (Å²) in [6.45, 7) is 0.393. The minimum atomic E-state index is 0.393. The van der Waals surface area contributed by atoms with Crippen LogP contribution in [0.25, 0.3) is 0 Å².